The van der Waals surface area contributed by atoms with Crippen molar-refractivity contribution in [3.05, 3.63) is 28.3 Å². The van der Waals surface area contributed by atoms with Gasteiger partial charge >= 0.3 is 5.69 Å². The summed E-state index contributed by atoms with van der Waals surface area (Å²) in [7, 11) is 1.35. The van der Waals surface area contributed by atoms with E-state index >= 15 is 0 Å². The van der Waals surface area contributed by atoms with E-state index in [0.717, 1.165) is 19.4 Å². The lowest BCUT2D eigenvalue weighted by atomic mass is 9.98. The number of methoxy groups -OCH3 is 1. The second-order valence-corrected chi connectivity index (χ2v) is 6.34. The van der Waals surface area contributed by atoms with Gasteiger partial charge in [0, 0.05) is 31.3 Å². The third kappa shape index (κ3) is 3.96. The molecule has 3 unspecified atom stereocenters. The van der Waals surface area contributed by atoms with Crippen LogP contribution in [0.5, 0.6) is 11.5 Å². The van der Waals surface area contributed by atoms with Gasteiger partial charge in [0.05, 0.1) is 12.0 Å². The largest absolute Gasteiger partial charge is 0.490 e. The lowest BCUT2D eigenvalue weighted by molar-refractivity contribution is -0.385. The molecule has 3 rings (SSSR count). The third-order valence-electron chi connectivity index (χ3n) is 4.98. The van der Waals surface area contributed by atoms with E-state index in [2.05, 4.69) is 0 Å². The van der Waals surface area contributed by atoms with E-state index in [0.29, 0.717) is 24.1 Å². The zero-order chi connectivity index (χ0) is 17.3. The molecule has 1 aromatic carbocycles. The minimum atomic E-state index is -0.528. The number of halogens is 1. The monoisotopic (exact) mass is 371 g/mol. The quantitative estimate of drug-likeness (QED) is 0.622. The van der Waals surface area contributed by atoms with Crippen LogP contribution in [0.15, 0.2) is 18.2 Å². The zero-order valence-corrected chi connectivity index (χ0v) is 14.7. The molecule has 0 aromatic heterocycles. The smallest absolute Gasteiger partial charge is 0.311 e. The summed E-state index contributed by atoms with van der Waals surface area (Å²) in [5, 5.41) is 10.9. The molecule has 2 aliphatic rings. The summed E-state index contributed by atoms with van der Waals surface area (Å²) < 4.78 is 10.5. The van der Waals surface area contributed by atoms with Crippen LogP contribution in [0.2, 0.25) is 0 Å². The Kier molecular flexibility index (Phi) is 6.07. The Balaban J connectivity index is 0.00000225. The topological polar surface area (TPSA) is 108 Å². The SMILES string of the molecule is COc1cc(OCC(=O)N2CC3CCC(N)C3C2)ccc1[N+](=O)[O-].Cl. The maximum Gasteiger partial charge on any atom is 0.311 e. The van der Waals surface area contributed by atoms with Crippen LogP contribution in [0.1, 0.15) is 12.8 Å². The number of likely N-dealkylation sites (tertiary alicyclic amines) is 1. The summed E-state index contributed by atoms with van der Waals surface area (Å²) in [5.41, 5.74) is 5.94. The van der Waals surface area contributed by atoms with Crippen molar-refractivity contribution in [1.82, 2.24) is 4.90 Å². The number of carbonyl (C=O) groups is 1. The highest BCUT2D eigenvalue weighted by Crippen LogP contribution is 2.37. The van der Waals surface area contributed by atoms with Crippen LogP contribution in [0.4, 0.5) is 5.69 Å². The molecule has 2 N–H and O–H groups in total. The highest BCUT2D eigenvalue weighted by molar-refractivity contribution is 5.85. The summed E-state index contributed by atoms with van der Waals surface area (Å²) >= 11 is 0. The first-order valence-electron chi connectivity index (χ1n) is 7.98. The molecule has 1 heterocycles. The second kappa shape index (κ2) is 7.88. The van der Waals surface area contributed by atoms with Crippen molar-refractivity contribution in [2.45, 2.75) is 18.9 Å². The van der Waals surface area contributed by atoms with Crippen molar-refractivity contribution >= 4 is 24.0 Å². The standard InChI is InChI=1S/C16H21N3O5.ClH/c1-23-15-6-11(3-5-14(15)19(21)22)24-9-16(20)18-7-10-2-4-13(17)12(10)8-18;/h3,5-6,10,12-13H,2,4,7-9,17H2,1H3;1H. The first kappa shape index (κ1) is 19.3. The number of nitro benzene ring substituents is 1. The molecule has 8 nitrogen and oxygen atoms in total. The second-order valence-electron chi connectivity index (χ2n) is 6.34. The van der Waals surface area contributed by atoms with E-state index in [1.165, 1.54) is 25.3 Å². The van der Waals surface area contributed by atoms with E-state index in [9.17, 15) is 14.9 Å². The highest BCUT2D eigenvalue weighted by atomic mass is 35.5. The normalized spacial score (nSPS) is 24.4. The summed E-state index contributed by atoms with van der Waals surface area (Å²) in [6, 6.07) is 4.37. The number of hydrogen-bond donors (Lipinski definition) is 1. The van der Waals surface area contributed by atoms with Crippen molar-refractivity contribution in [2.24, 2.45) is 17.6 Å². The van der Waals surface area contributed by atoms with Crippen LogP contribution >= 0.6 is 12.4 Å². The molecule has 138 valence electrons. The molecular formula is C16H22ClN3O5. The van der Waals surface area contributed by atoms with Gasteiger partial charge in [-0.3, -0.25) is 14.9 Å². The molecule has 0 bridgehead atoms. The third-order valence-corrected chi connectivity index (χ3v) is 4.98. The molecule has 1 aliphatic heterocycles. The Hall–Kier alpha value is -2.06. The molecular weight excluding hydrogens is 350 g/mol. The molecule has 1 aromatic rings. The number of fused-ring (bicyclic) bond motifs is 1. The number of carbonyl (C=O) groups excluding carboxylic acids is 1. The van der Waals surface area contributed by atoms with Gasteiger partial charge in [-0.05, 0) is 30.7 Å². The molecule has 1 saturated carbocycles. The minimum absolute atomic E-state index is 0. The van der Waals surface area contributed by atoms with E-state index in [1.54, 1.807) is 4.90 Å². The first-order valence-corrected chi connectivity index (χ1v) is 7.98. The van der Waals surface area contributed by atoms with Gasteiger partial charge < -0.3 is 20.1 Å². The van der Waals surface area contributed by atoms with Gasteiger partial charge in [-0.1, -0.05) is 0 Å². The van der Waals surface area contributed by atoms with Crippen molar-refractivity contribution in [2.75, 3.05) is 26.8 Å². The summed E-state index contributed by atoms with van der Waals surface area (Å²) in [5.74, 6) is 1.28. The highest BCUT2D eigenvalue weighted by Gasteiger charge is 2.42. The minimum Gasteiger partial charge on any atom is -0.490 e. The molecule has 1 amide bonds. The average molecular weight is 372 g/mol. The van der Waals surface area contributed by atoms with Gasteiger partial charge in [-0.2, -0.15) is 0 Å². The Morgan fingerprint density at radius 1 is 1.40 bits per heavy atom. The molecule has 0 radical (unpaired) electrons. The molecule has 0 spiro atoms. The number of nitrogens with zero attached hydrogens (tertiary/aromatic N) is 2. The van der Waals surface area contributed by atoms with Gasteiger partial charge in [-0.15, -0.1) is 12.4 Å². The summed E-state index contributed by atoms with van der Waals surface area (Å²) in [6.45, 7) is 1.33. The number of amides is 1. The fraction of sp³-hybridized carbons (Fsp3) is 0.562. The fourth-order valence-corrected chi connectivity index (χ4v) is 3.65. The van der Waals surface area contributed by atoms with E-state index < -0.39 is 4.92 Å². The predicted molar refractivity (Wildman–Crippen MR) is 93.2 cm³/mol. The molecule has 25 heavy (non-hydrogen) atoms. The Bertz CT molecular complexity index is 657. The van der Waals surface area contributed by atoms with E-state index in [-0.39, 0.29) is 42.4 Å². The van der Waals surface area contributed by atoms with Gasteiger partial charge in [0.1, 0.15) is 5.75 Å². The van der Waals surface area contributed by atoms with E-state index in [4.69, 9.17) is 15.2 Å². The van der Waals surface area contributed by atoms with Crippen LogP contribution < -0.4 is 15.2 Å². The Morgan fingerprint density at radius 3 is 2.80 bits per heavy atom. The van der Waals surface area contributed by atoms with Crippen LogP contribution in [-0.4, -0.2) is 48.6 Å². The van der Waals surface area contributed by atoms with Crippen LogP contribution in [-0.2, 0) is 4.79 Å². The van der Waals surface area contributed by atoms with Crippen molar-refractivity contribution in [1.29, 1.82) is 0 Å². The number of rotatable bonds is 5. The van der Waals surface area contributed by atoms with Crippen LogP contribution in [0, 0.1) is 22.0 Å². The van der Waals surface area contributed by atoms with Crippen LogP contribution in [0.3, 0.4) is 0 Å². The molecule has 2 fully saturated rings. The van der Waals surface area contributed by atoms with Gasteiger partial charge in [0.2, 0.25) is 5.75 Å². The molecule has 3 atom stereocenters. The van der Waals surface area contributed by atoms with Crippen LogP contribution in [0.25, 0.3) is 0 Å². The first-order chi connectivity index (χ1) is 11.5. The molecule has 1 aliphatic carbocycles. The Morgan fingerprint density at radius 2 is 2.16 bits per heavy atom. The number of nitro groups is 1. The lowest BCUT2D eigenvalue weighted by Gasteiger charge is -2.19. The number of benzene rings is 1. The predicted octanol–water partition coefficient (Wildman–Crippen LogP) is 1.60. The van der Waals surface area contributed by atoms with Crippen molar-refractivity contribution in [3.63, 3.8) is 0 Å². The van der Waals surface area contributed by atoms with E-state index in [1.807, 2.05) is 0 Å². The number of nitrogens with two attached hydrogens (primary N) is 1. The molecule has 9 heteroatoms. The molecule has 1 saturated heterocycles. The van der Waals surface area contributed by atoms with Crippen molar-refractivity contribution in [3.8, 4) is 11.5 Å². The van der Waals surface area contributed by atoms with Crippen molar-refractivity contribution < 1.29 is 19.2 Å². The fourth-order valence-electron chi connectivity index (χ4n) is 3.65. The van der Waals surface area contributed by atoms with Gasteiger partial charge in [-0.25, -0.2) is 0 Å². The maximum absolute atomic E-state index is 12.3. The number of ether oxygens (including phenoxy) is 2. The lowest BCUT2D eigenvalue weighted by Crippen LogP contribution is -2.36. The maximum atomic E-state index is 12.3. The zero-order valence-electron chi connectivity index (χ0n) is 13.9. The number of hydrogen-bond acceptors (Lipinski definition) is 6. The Labute approximate surface area is 151 Å². The van der Waals surface area contributed by atoms with Gasteiger partial charge in [0.25, 0.3) is 5.91 Å². The average Bonchev–Trinajstić information content (AvgIpc) is 3.14. The summed E-state index contributed by atoms with van der Waals surface area (Å²) in [6.07, 6.45) is 2.12. The van der Waals surface area contributed by atoms with Gasteiger partial charge in [0.15, 0.2) is 6.61 Å². The summed E-state index contributed by atoms with van der Waals surface area (Å²) in [4.78, 5) is 24.4.